The van der Waals surface area contributed by atoms with Crippen LogP contribution in [0.3, 0.4) is 0 Å². The Morgan fingerprint density at radius 2 is 1.18 bits per heavy atom. The van der Waals surface area contributed by atoms with Crippen molar-refractivity contribution < 1.29 is 24.3 Å². The van der Waals surface area contributed by atoms with Crippen molar-refractivity contribution in [2.75, 3.05) is 40.6 Å². The third-order valence-corrected chi connectivity index (χ3v) is 0.838. The minimum atomic E-state index is 0.351. The molecule has 68 valence electrons. The monoisotopic (exact) mass is 166 g/mol. The Labute approximate surface area is 66.0 Å². The molecule has 0 amide bonds. The molecule has 0 aliphatic rings. The second-order valence-corrected chi connectivity index (χ2v) is 1.70. The molecule has 0 fully saturated rings. The summed E-state index contributed by atoms with van der Waals surface area (Å²) < 4.78 is 9.37. The van der Waals surface area contributed by atoms with Crippen molar-refractivity contribution in [3.8, 4) is 0 Å². The fourth-order valence-electron chi connectivity index (χ4n) is 0.337. The van der Waals surface area contributed by atoms with Crippen molar-refractivity contribution in [3.63, 3.8) is 0 Å². The predicted octanol–water partition coefficient (Wildman–Crippen LogP) is 0.159. The molecule has 0 aromatic carbocycles. The summed E-state index contributed by atoms with van der Waals surface area (Å²) in [5.41, 5.74) is 0. The van der Waals surface area contributed by atoms with Crippen molar-refractivity contribution in [3.05, 3.63) is 0 Å². The Bertz CT molecular complexity index is 60.0. The number of rotatable bonds is 8. The van der Waals surface area contributed by atoms with Gasteiger partial charge in [0.1, 0.15) is 13.2 Å². The van der Waals surface area contributed by atoms with E-state index in [4.69, 9.17) is 0 Å². The quantitative estimate of drug-likeness (QED) is 0.292. The van der Waals surface area contributed by atoms with Crippen LogP contribution in [0.5, 0.6) is 0 Å². The Morgan fingerprint density at radius 1 is 0.727 bits per heavy atom. The van der Waals surface area contributed by atoms with Gasteiger partial charge in [-0.2, -0.15) is 0 Å². The molecule has 0 heterocycles. The van der Waals surface area contributed by atoms with Crippen LogP contribution in [0.2, 0.25) is 0 Å². The molecule has 0 bridgehead atoms. The number of methoxy groups -OCH3 is 2. The van der Waals surface area contributed by atoms with Gasteiger partial charge in [-0.05, 0) is 0 Å². The molecule has 0 aromatic heterocycles. The van der Waals surface area contributed by atoms with Crippen molar-refractivity contribution >= 4 is 0 Å². The smallest absolute Gasteiger partial charge is 0.109 e. The first kappa shape index (κ1) is 10.8. The molecule has 0 N–H and O–H groups in total. The minimum Gasteiger partial charge on any atom is -0.382 e. The van der Waals surface area contributed by atoms with Gasteiger partial charge in [0, 0.05) is 14.2 Å². The summed E-state index contributed by atoms with van der Waals surface area (Å²) in [5, 5.41) is 4.28. The second-order valence-electron chi connectivity index (χ2n) is 1.70. The highest BCUT2D eigenvalue weighted by Gasteiger charge is 1.88. The fourth-order valence-corrected chi connectivity index (χ4v) is 0.337. The van der Waals surface area contributed by atoms with Crippen LogP contribution in [-0.2, 0) is 24.3 Å². The highest BCUT2D eigenvalue weighted by Crippen LogP contribution is 1.81. The van der Waals surface area contributed by atoms with Crippen LogP contribution in [0, 0.1) is 0 Å². The molecular weight excluding hydrogens is 152 g/mol. The van der Waals surface area contributed by atoms with Gasteiger partial charge in [0.15, 0.2) is 0 Å². The van der Waals surface area contributed by atoms with Gasteiger partial charge in [-0.15, -0.1) is 0 Å². The van der Waals surface area contributed by atoms with Crippen LogP contribution in [0.25, 0.3) is 0 Å². The van der Waals surface area contributed by atoms with E-state index in [0.29, 0.717) is 26.4 Å². The van der Waals surface area contributed by atoms with Crippen molar-refractivity contribution in [2.24, 2.45) is 0 Å². The maximum absolute atomic E-state index is 4.68. The van der Waals surface area contributed by atoms with Crippen LogP contribution in [0.4, 0.5) is 0 Å². The van der Waals surface area contributed by atoms with E-state index in [1.54, 1.807) is 14.2 Å². The summed E-state index contributed by atoms with van der Waals surface area (Å²) in [4.78, 5) is 9.04. The zero-order chi connectivity index (χ0) is 8.36. The molecule has 0 aromatic rings. The average molecular weight is 166 g/mol. The topological polar surface area (TPSA) is 46.2 Å². The van der Waals surface area contributed by atoms with Crippen LogP contribution in [0.1, 0.15) is 0 Å². The van der Waals surface area contributed by atoms with E-state index in [0.717, 1.165) is 0 Å². The number of hydrogen-bond acceptors (Lipinski definition) is 5. The van der Waals surface area contributed by atoms with Gasteiger partial charge in [-0.3, -0.25) is 0 Å². The van der Waals surface area contributed by atoms with Gasteiger partial charge in [0.2, 0.25) is 0 Å². The molecule has 0 rings (SSSR count). The van der Waals surface area contributed by atoms with E-state index < -0.39 is 0 Å². The Morgan fingerprint density at radius 3 is 1.55 bits per heavy atom. The molecule has 0 saturated carbocycles. The van der Waals surface area contributed by atoms with Crippen molar-refractivity contribution in [2.45, 2.75) is 0 Å². The highest BCUT2D eigenvalue weighted by atomic mass is 17.5. The second kappa shape index (κ2) is 9.80. The van der Waals surface area contributed by atoms with E-state index in [1.165, 1.54) is 0 Å². The van der Waals surface area contributed by atoms with E-state index >= 15 is 0 Å². The van der Waals surface area contributed by atoms with Crippen molar-refractivity contribution in [1.29, 1.82) is 0 Å². The molecule has 0 spiro atoms. The average Bonchev–Trinajstić information content (AvgIpc) is 2.03. The highest BCUT2D eigenvalue weighted by molar-refractivity contribution is 4.17. The van der Waals surface area contributed by atoms with Crippen LogP contribution < -0.4 is 0 Å². The normalized spacial score (nSPS) is 10.4. The fraction of sp³-hybridized carbons (Fsp3) is 1.00. The minimum absolute atomic E-state index is 0.351. The molecule has 11 heavy (non-hydrogen) atoms. The molecular formula is C6H14O5. The van der Waals surface area contributed by atoms with Gasteiger partial charge in [0.05, 0.1) is 13.2 Å². The summed E-state index contributed by atoms with van der Waals surface area (Å²) in [6.45, 7) is 1.66. The lowest BCUT2D eigenvalue weighted by Gasteiger charge is -2.01. The molecule has 0 saturated heterocycles. The molecule has 5 nitrogen and oxygen atoms in total. The Kier molecular flexibility index (Phi) is 9.62. The van der Waals surface area contributed by atoms with Gasteiger partial charge < -0.3 is 9.47 Å². The number of ether oxygens (including phenoxy) is 2. The van der Waals surface area contributed by atoms with E-state index in [2.05, 4.69) is 24.3 Å². The third kappa shape index (κ3) is 9.80. The lowest BCUT2D eigenvalue weighted by molar-refractivity contribution is -0.514. The lowest BCUT2D eigenvalue weighted by Crippen LogP contribution is -2.06. The molecule has 0 aliphatic carbocycles. The molecule has 0 atom stereocenters. The summed E-state index contributed by atoms with van der Waals surface area (Å²) in [7, 11) is 3.16. The number of hydrogen-bond donors (Lipinski definition) is 0. The molecule has 0 unspecified atom stereocenters. The lowest BCUT2D eigenvalue weighted by atomic mass is 10.8. The van der Waals surface area contributed by atoms with Crippen LogP contribution in [0.15, 0.2) is 0 Å². The van der Waals surface area contributed by atoms with Gasteiger partial charge >= 0.3 is 0 Å². The van der Waals surface area contributed by atoms with E-state index in [1.807, 2.05) is 0 Å². The van der Waals surface area contributed by atoms with Gasteiger partial charge in [-0.25, -0.2) is 9.78 Å². The van der Waals surface area contributed by atoms with Gasteiger partial charge in [-0.1, -0.05) is 5.04 Å². The SMILES string of the molecule is COCCOOOCCOC. The van der Waals surface area contributed by atoms with Crippen LogP contribution in [-0.4, -0.2) is 40.6 Å². The zero-order valence-electron chi connectivity index (χ0n) is 6.87. The summed E-state index contributed by atoms with van der Waals surface area (Å²) in [5.74, 6) is 0. The molecule has 0 radical (unpaired) electrons. The largest absolute Gasteiger partial charge is 0.382 e. The first-order valence-electron chi connectivity index (χ1n) is 3.30. The van der Waals surface area contributed by atoms with Crippen molar-refractivity contribution in [1.82, 2.24) is 0 Å². The van der Waals surface area contributed by atoms with Gasteiger partial charge in [0.25, 0.3) is 0 Å². The van der Waals surface area contributed by atoms with Crippen LogP contribution >= 0.6 is 0 Å². The Hall–Kier alpha value is -0.200. The standard InChI is InChI=1S/C6H14O5/c1-7-3-5-9-11-10-6-4-8-2/h3-6H2,1-2H3. The Balaban J connectivity index is 2.69. The zero-order valence-corrected chi connectivity index (χ0v) is 6.87. The summed E-state index contributed by atoms with van der Waals surface area (Å²) >= 11 is 0. The third-order valence-electron chi connectivity index (χ3n) is 0.838. The molecule has 0 aliphatic heterocycles. The first-order chi connectivity index (χ1) is 5.41. The maximum Gasteiger partial charge on any atom is 0.109 e. The summed E-state index contributed by atoms with van der Waals surface area (Å²) in [6, 6.07) is 0. The summed E-state index contributed by atoms with van der Waals surface area (Å²) in [6.07, 6.45) is 0. The van der Waals surface area contributed by atoms with E-state index in [9.17, 15) is 0 Å². The maximum atomic E-state index is 4.68. The molecule has 5 heteroatoms. The predicted molar refractivity (Wildman–Crippen MR) is 36.7 cm³/mol. The van der Waals surface area contributed by atoms with E-state index in [-0.39, 0.29) is 0 Å². The first-order valence-corrected chi connectivity index (χ1v) is 3.30.